The van der Waals surface area contributed by atoms with Crippen molar-refractivity contribution in [2.24, 2.45) is 16.9 Å². The fourth-order valence-corrected chi connectivity index (χ4v) is 2.79. The van der Waals surface area contributed by atoms with E-state index in [9.17, 15) is 9.59 Å². The van der Waals surface area contributed by atoms with Crippen molar-refractivity contribution in [3.8, 4) is 0 Å². The van der Waals surface area contributed by atoms with E-state index in [1.54, 1.807) is 36.2 Å². The highest BCUT2D eigenvalue weighted by atomic mass is 16.2. The van der Waals surface area contributed by atoms with Gasteiger partial charge in [-0.05, 0) is 11.5 Å². The highest BCUT2D eigenvalue weighted by Crippen LogP contribution is 2.23. The molecule has 0 saturated heterocycles. The molecule has 6 heteroatoms. The van der Waals surface area contributed by atoms with Crippen LogP contribution < -0.4 is 11.5 Å². The minimum absolute atomic E-state index is 0.00254. The third-order valence-corrected chi connectivity index (χ3v) is 4.14. The molecule has 0 aliphatic heterocycles. The molecule has 1 rings (SSSR count). The van der Waals surface area contributed by atoms with Gasteiger partial charge in [0.25, 0.3) is 5.91 Å². The van der Waals surface area contributed by atoms with Gasteiger partial charge in [0, 0.05) is 58.3 Å². The van der Waals surface area contributed by atoms with Gasteiger partial charge in [0.15, 0.2) is 5.78 Å². The Balaban J connectivity index is 2.84. The van der Waals surface area contributed by atoms with Crippen LogP contribution in [-0.2, 0) is 0 Å². The minimum Gasteiger partial charge on any atom is -0.340 e. The molecule has 0 saturated carbocycles. The SMILES string of the molecule is CN(CCN(CCN)CCN)C(=O)c1ccccc1C(=O)CC(C)(C)C. The minimum atomic E-state index is -0.136. The number of Topliss-reactive ketones (excluding diaryl/α,β-unsaturated/α-hetero) is 1. The number of amides is 1. The molecule has 0 radical (unpaired) electrons. The molecule has 0 unspecified atom stereocenters. The van der Waals surface area contributed by atoms with Crippen LogP contribution in [-0.4, -0.2) is 67.8 Å². The van der Waals surface area contributed by atoms with E-state index < -0.39 is 0 Å². The number of benzene rings is 1. The molecule has 0 fully saturated rings. The Morgan fingerprint density at radius 1 is 0.923 bits per heavy atom. The molecular weight excluding hydrogens is 328 g/mol. The maximum absolute atomic E-state index is 12.9. The Hall–Kier alpha value is -1.76. The molecule has 146 valence electrons. The van der Waals surface area contributed by atoms with Gasteiger partial charge in [-0.1, -0.05) is 39.0 Å². The second-order valence-electron chi connectivity index (χ2n) is 7.85. The second-order valence-corrected chi connectivity index (χ2v) is 7.85. The highest BCUT2D eigenvalue weighted by Gasteiger charge is 2.23. The van der Waals surface area contributed by atoms with Crippen molar-refractivity contribution >= 4 is 11.7 Å². The monoisotopic (exact) mass is 362 g/mol. The zero-order valence-electron chi connectivity index (χ0n) is 16.6. The van der Waals surface area contributed by atoms with Crippen molar-refractivity contribution in [3.05, 3.63) is 35.4 Å². The Morgan fingerprint density at radius 3 is 1.96 bits per heavy atom. The summed E-state index contributed by atoms with van der Waals surface area (Å²) in [6.07, 6.45) is 0.405. The van der Waals surface area contributed by atoms with Gasteiger partial charge in [-0.3, -0.25) is 14.5 Å². The van der Waals surface area contributed by atoms with E-state index in [2.05, 4.69) is 4.90 Å². The summed E-state index contributed by atoms with van der Waals surface area (Å²) in [6.45, 7) is 9.93. The zero-order valence-corrected chi connectivity index (χ0v) is 16.6. The van der Waals surface area contributed by atoms with Crippen molar-refractivity contribution in [1.29, 1.82) is 0 Å². The maximum Gasteiger partial charge on any atom is 0.254 e. The van der Waals surface area contributed by atoms with Gasteiger partial charge in [0.1, 0.15) is 0 Å². The predicted molar refractivity (Wildman–Crippen MR) is 106 cm³/mol. The van der Waals surface area contributed by atoms with Crippen LogP contribution in [0.3, 0.4) is 0 Å². The number of carbonyl (C=O) groups excluding carboxylic acids is 2. The zero-order chi connectivity index (χ0) is 19.7. The van der Waals surface area contributed by atoms with E-state index in [4.69, 9.17) is 11.5 Å². The summed E-state index contributed by atoms with van der Waals surface area (Å²) in [5.41, 5.74) is 12.1. The first-order valence-electron chi connectivity index (χ1n) is 9.19. The van der Waals surface area contributed by atoms with E-state index >= 15 is 0 Å². The fourth-order valence-electron chi connectivity index (χ4n) is 2.79. The lowest BCUT2D eigenvalue weighted by atomic mass is 9.86. The van der Waals surface area contributed by atoms with Crippen LogP contribution in [0, 0.1) is 5.41 Å². The van der Waals surface area contributed by atoms with E-state index in [1.807, 2.05) is 20.8 Å². The Morgan fingerprint density at radius 2 is 1.46 bits per heavy atom. The van der Waals surface area contributed by atoms with Gasteiger partial charge < -0.3 is 16.4 Å². The number of hydrogen-bond acceptors (Lipinski definition) is 5. The molecule has 4 N–H and O–H groups in total. The molecule has 0 bridgehead atoms. The normalized spacial score (nSPS) is 11.7. The average Bonchev–Trinajstić information content (AvgIpc) is 2.57. The highest BCUT2D eigenvalue weighted by molar-refractivity contribution is 6.08. The van der Waals surface area contributed by atoms with Crippen molar-refractivity contribution in [1.82, 2.24) is 9.80 Å². The Bertz CT molecular complexity index is 590. The molecule has 0 aliphatic carbocycles. The molecule has 1 aromatic carbocycles. The van der Waals surface area contributed by atoms with Crippen LogP contribution in [0.15, 0.2) is 24.3 Å². The molecule has 0 aliphatic rings. The second kappa shape index (κ2) is 10.4. The number of likely N-dealkylation sites (N-methyl/N-ethyl adjacent to an activating group) is 1. The topological polar surface area (TPSA) is 92.7 Å². The van der Waals surface area contributed by atoms with Crippen LogP contribution in [0.2, 0.25) is 0 Å². The summed E-state index contributed by atoms with van der Waals surface area (Å²) in [7, 11) is 1.76. The largest absolute Gasteiger partial charge is 0.340 e. The maximum atomic E-state index is 12.9. The average molecular weight is 363 g/mol. The molecule has 1 amide bonds. The molecule has 1 aromatic rings. The smallest absolute Gasteiger partial charge is 0.254 e. The van der Waals surface area contributed by atoms with Crippen molar-refractivity contribution in [3.63, 3.8) is 0 Å². The van der Waals surface area contributed by atoms with E-state index in [0.717, 1.165) is 13.1 Å². The number of hydrogen-bond donors (Lipinski definition) is 2. The third-order valence-electron chi connectivity index (χ3n) is 4.14. The van der Waals surface area contributed by atoms with Gasteiger partial charge in [0.2, 0.25) is 0 Å². The number of carbonyl (C=O) groups is 2. The lowest BCUT2D eigenvalue weighted by Crippen LogP contribution is -2.40. The van der Waals surface area contributed by atoms with Gasteiger partial charge in [0.05, 0.1) is 5.56 Å². The molecule has 0 atom stereocenters. The van der Waals surface area contributed by atoms with Crippen LogP contribution in [0.1, 0.15) is 47.9 Å². The first-order valence-corrected chi connectivity index (χ1v) is 9.19. The van der Waals surface area contributed by atoms with Crippen LogP contribution in [0.5, 0.6) is 0 Å². The molecule has 0 spiro atoms. The molecule has 0 aromatic heterocycles. The number of ketones is 1. The summed E-state index contributed by atoms with van der Waals surface area (Å²) in [5.74, 6) is -0.133. The van der Waals surface area contributed by atoms with Crippen molar-refractivity contribution < 1.29 is 9.59 Å². The first-order chi connectivity index (χ1) is 12.2. The lowest BCUT2D eigenvalue weighted by molar-refractivity contribution is 0.0771. The summed E-state index contributed by atoms with van der Waals surface area (Å²) in [5, 5.41) is 0. The van der Waals surface area contributed by atoms with Gasteiger partial charge in [-0.2, -0.15) is 0 Å². The van der Waals surface area contributed by atoms with Gasteiger partial charge in [-0.15, -0.1) is 0 Å². The van der Waals surface area contributed by atoms with Crippen LogP contribution in [0.25, 0.3) is 0 Å². The van der Waals surface area contributed by atoms with E-state index in [0.29, 0.717) is 43.7 Å². The van der Waals surface area contributed by atoms with E-state index in [1.165, 1.54) is 0 Å². The van der Waals surface area contributed by atoms with Gasteiger partial charge >= 0.3 is 0 Å². The quantitative estimate of drug-likeness (QED) is 0.617. The Kier molecular flexibility index (Phi) is 8.92. The number of nitrogens with zero attached hydrogens (tertiary/aromatic N) is 2. The van der Waals surface area contributed by atoms with Crippen LogP contribution >= 0.6 is 0 Å². The summed E-state index contributed by atoms with van der Waals surface area (Å²) < 4.78 is 0. The van der Waals surface area contributed by atoms with E-state index in [-0.39, 0.29) is 17.1 Å². The lowest BCUT2D eigenvalue weighted by Gasteiger charge is -2.25. The third kappa shape index (κ3) is 7.23. The predicted octanol–water partition coefficient (Wildman–Crippen LogP) is 1.60. The fraction of sp³-hybridized carbons (Fsp3) is 0.600. The van der Waals surface area contributed by atoms with Gasteiger partial charge in [-0.25, -0.2) is 0 Å². The standard InChI is InChI=1S/C20H34N4O2/c1-20(2,3)15-18(25)16-7-5-6-8-17(16)19(26)23(4)13-14-24(11-9-21)12-10-22/h5-8H,9-15,21-22H2,1-4H3. The summed E-state index contributed by atoms with van der Waals surface area (Å²) >= 11 is 0. The molecule has 6 nitrogen and oxygen atoms in total. The first kappa shape index (κ1) is 22.3. The molecule has 26 heavy (non-hydrogen) atoms. The van der Waals surface area contributed by atoms with Crippen molar-refractivity contribution in [2.75, 3.05) is 46.3 Å². The molecule has 0 heterocycles. The summed E-state index contributed by atoms with van der Waals surface area (Å²) in [4.78, 5) is 29.3. The Labute approximate surface area is 157 Å². The van der Waals surface area contributed by atoms with Crippen molar-refractivity contribution in [2.45, 2.75) is 27.2 Å². The summed E-state index contributed by atoms with van der Waals surface area (Å²) in [6, 6.07) is 7.07. The number of rotatable bonds is 10. The molecular formula is C20H34N4O2. The van der Waals surface area contributed by atoms with Crippen LogP contribution in [0.4, 0.5) is 0 Å². The number of nitrogens with two attached hydrogens (primary N) is 2.